The lowest BCUT2D eigenvalue weighted by Crippen LogP contribution is -2.44. The molecule has 0 N–H and O–H groups in total. The van der Waals surface area contributed by atoms with E-state index in [1.165, 1.54) is 12.1 Å². The average Bonchev–Trinajstić information content (AvgIpc) is 2.69. The highest BCUT2D eigenvalue weighted by Gasteiger charge is 2.34. The summed E-state index contributed by atoms with van der Waals surface area (Å²) in [7, 11) is 0. The summed E-state index contributed by atoms with van der Waals surface area (Å²) in [4.78, 5) is 41.2. The molecule has 1 rings (SSSR count). The molecule has 7 heteroatoms. The first kappa shape index (κ1) is 30.8. The third kappa shape index (κ3) is 9.10. The van der Waals surface area contributed by atoms with Crippen molar-refractivity contribution in [2.24, 2.45) is 35.5 Å². The molecule has 3 atom stereocenters. The van der Waals surface area contributed by atoms with Crippen molar-refractivity contribution in [3.05, 3.63) is 22.4 Å². The van der Waals surface area contributed by atoms with Gasteiger partial charge in [0.1, 0.15) is 5.82 Å². The molecule has 2 amide bonds. The molecule has 1 aromatic rings. The van der Waals surface area contributed by atoms with Gasteiger partial charge in [-0.15, -0.1) is 0 Å². The molecule has 192 valence electrons. The SMILES string of the molecule is CC(C)CC(C)C(=O)Sc1cc(N(C(=O)C(C)CC(C)C)C(=O)C(C)CC(C)C)c(F)cc1Br. The maximum atomic E-state index is 15.3. The quantitative estimate of drug-likeness (QED) is 0.258. The Morgan fingerprint density at radius 1 is 0.794 bits per heavy atom. The fourth-order valence-corrected chi connectivity index (χ4v) is 5.58. The number of rotatable bonds is 11. The van der Waals surface area contributed by atoms with Crippen LogP contribution in [-0.4, -0.2) is 16.9 Å². The molecule has 0 aliphatic rings. The summed E-state index contributed by atoms with van der Waals surface area (Å²) in [6, 6.07) is 2.70. The second-order valence-corrected chi connectivity index (χ2v) is 12.7. The van der Waals surface area contributed by atoms with Crippen molar-refractivity contribution in [3.63, 3.8) is 0 Å². The number of halogens is 2. The largest absolute Gasteiger partial charge is 0.287 e. The van der Waals surface area contributed by atoms with Crippen LogP contribution in [0.25, 0.3) is 0 Å². The van der Waals surface area contributed by atoms with Gasteiger partial charge in [-0.3, -0.25) is 14.4 Å². The summed E-state index contributed by atoms with van der Waals surface area (Å²) in [6.07, 6.45) is 1.93. The summed E-state index contributed by atoms with van der Waals surface area (Å²) in [6.45, 7) is 17.6. The van der Waals surface area contributed by atoms with E-state index in [1.54, 1.807) is 13.8 Å². The molecule has 0 spiro atoms. The Labute approximate surface area is 217 Å². The molecular weight excluding hydrogens is 517 g/mol. The minimum absolute atomic E-state index is 0.0301. The zero-order valence-corrected chi connectivity index (χ0v) is 24.5. The van der Waals surface area contributed by atoms with Crippen molar-refractivity contribution < 1.29 is 18.8 Å². The second kappa shape index (κ2) is 13.8. The summed E-state index contributed by atoms with van der Waals surface area (Å²) in [5.74, 6) is -1.66. The lowest BCUT2D eigenvalue weighted by atomic mass is 9.94. The van der Waals surface area contributed by atoms with E-state index >= 15 is 4.39 Å². The summed E-state index contributed by atoms with van der Waals surface area (Å²) >= 11 is 4.38. The van der Waals surface area contributed by atoms with E-state index in [0.29, 0.717) is 28.1 Å². The van der Waals surface area contributed by atoms with Gasteiger partial charge in [0, 0.05) is 27.1 Å². The first-order valence-electron chi connectivity index (χ1n) is 12.2. The van der Waals surface area contributed by atoms with Crippen LogP contribution in [0.15, 0.2) is 21.5 Å². The Hall–Kier alpha value is -1.21. The van der Waals surface area contributed by atoms with E-state index in [0.717, 1.165) is 23.1 Å². The maximum absolute atomic E-state index is 15.3. The van der Waals surface area contributed by atoms with Gasteiger partial charge in [0.2, 0.25) is 11.8 Å². The minimum Gasteiger partial charge on any atom is -0.287 e. The van der Waals surface area contributed by atoms with Gasteiger partial charge in [-0.25, -0.2) is 9.29 Å². The molecule has 0 aliphatic carbocycles. The molecule has 0 heterocycles. The average molecular weight is 559 g/mol. The normalized spacial score (nSPS) is 14.4. The van der Waals surface area contributed by atoms with Crippen LogP contribution >= 0.6 is 27.7 Å². The summed E-state index contributed by atoms with van der Waals surface area (Å²) < 4.78 is 15.7. The number of hydrogen-bond acceptors (Lipinski definition) is 4. The van der Waals surface area contributed by atoms with E-state index in [1.807, 2.05) is 34.6 Å². The molecule has 1 aromatic carbocycles. The molecule has 0 radical (unpaired) electrons. The van der Waals surface area contributed by atoms with Crippen molar-refractivity contribution >= 4 is 50.3 Å². The molecule has 34 heavy (non-hydrogen) atoms. The molecule has 0 aliphatic heterocycles. The maximum Gasteiger partial charge on any atom is 0.236 e. The molecular formula is C27H41BrFNO3S. The van der Waals surface area contributed by atoms with Gasteiger partial charge in [-0.05, 0) is 65.1 Å². The van der Waals surface area contributed by atoms with Crippen LogP contribution in [-0.2, 0) is 14.4 Å². The first-order chi connectivity index (χ1) is 15.6. The number of benzene rings is 1. The van der Waals surface area contributed by atoms with Gasteiger partial charge in [-0.2, -0.15) is 0 Å². The highest BCUT2D eigenvalue weighted by atomic mass is 79.9. The molecule has 0 saturated heterocycles. The third-order valence-corrected chi connectivity index (χ3v) is 7.69. The van der Waals surface area contributed by atoms with Gasteiger partial charge in [0.05, 0.1) is 5.69 Å². The van der Waals surface area contributed by atoms with Gasteiger partial charge in [0.15, 0.2) is 5.12 Å². The lowest BCUT2D eigenvalue weighted by molar-refractivity contribution is -0.131. The Balaban J connectivity index is 3.47. The standard InChI is InChI=1S/C27H41BrFNO3S/c1-15(2)10-18(7)25(31)30(26(32)19(8)11-16(3)4)23-14-24(21(28)13-22(23)29)34-27(33)20(9)12-17(5)6/h13-20H,10-12H2,1-9H3. The van der Waals surface area contributed by atoms with Crippen LogP contribution in [0.3, 0.4) is 0 Å². The predicted molar refractivity (Wildman–Crippen MR) is 143 cm³/mol. The van der Waals surface area contributed by atoms with E-state index in [4.69, 9.17) is 0 Å². The van der Waals surface area contributed by atoms with Crippen LogP contribution in [0.5, 0.6) is 0 Å². The van der Waals surface area contributed by atoms with Gasteiger partial charge < -0.3 is 0 Å². The van der Waals surface area contributed by atoms with Crippen LogP contribution in [0.4, 0.5) is 10.1 Å². The topological polar surface area (TPSA) is 54.5 Å². The summed E-state index contributed by atoms with van der Waals surface area (Å²) in [5.41, 5.74) is -0.0868. The van der Waals surface area contributed by atoms with Crippen molar-refractivity contribution in [3.8, 4) is 0 Å². The monoisotopic (exact) mass is 557 g/mol. The second-order valence-electron chi connectivity index (χ2n) is 10.8. The van der Waals surface area contributed by atoms with Gasteiger partial charge in [0.25, 0.3) is 0 Å². The zero-order valence-electron chi connectivity index (χ0n) is 22.1. The number of hydrogen-bond donors (Lipinski definition) is 0. The number of anilines is 1. The van der Waals surface area contributed by atoms with E-state index < -0.39 is 29.5 Å². The number of carbonyl (C=O) groups is 3. The van der Waals surface area contributed by atoms with Crippen molar-refractivity contribution in [2.75, 3.05) is 4.90 Å². The zero-order chi connectivity index (χ0) is 26.3. The number of imide groups is 1. The highest BCUT2D eigenvalue weighted by molar-refractivity contribution is 9.10. The number of amides is 2. The van der Waals surface area contributed by atoms with Gasteiger partial charge >= 0.3 is 0 Å². The molecule has 0 aromatic heterocycles. The van der Waals surface area contributed by atoms with Crippen LogP contribution < -0.4 is 4.90 Å². The third-order valence-electron chi connectivity index (χ3n) is 5.61. The minimum atomic E-state index is -0.672. The highest BCUT2D eigenvalue weighted by Crippen LogP contribution is 2.37. The lowest BCUT2D eigenvalue weighted by Gasteiger charge is -2.29. The number of nitrogens with zero attached hydrogens (tertiary/aromatic N) is 1. The molecule has 0 bridgehead atoms. The van der Waals surface area contributed by atoms with Crippen molar-refractivity contribution in [2.45, 2.75) is 86.5 Å². The molecule has 0 saturated carbocycles. The van der Waals surface area contributed by atoms with E-state index in [2.05, 4.69) is 29.8 Å². The molecule has 3 unspecified atom stereocenters. The Morgan fingerprint density at radius 3 is 1.62 bits per heavy atom. The fourth-order valence-electron chi connectivity index (χ4n) is 4.18. The van der Waals surface area contributed by atoms with Crippen LogP contribution in [0.2, 0.25) is 0 Å². The smallest absolute Gasteiger partial charge is 0.236 e. The molecule has 0 fully saturated rings. The Morgan fingerprint density at radius 2 is 1.21 bits per heavy atom. The van der Waals surface area contributed by atoms with Crippen LogP contribution in [0, 0.1) is 41.3 Å². The van der Waals surface area contributed by atoms with Gasteiger partial charge in [-0.1, -0.05) is 74.1 Å². The molecule has 4 nitrogen and oxygen atoms in total. The first-order valence-corrected chi connectivity index (χ1v) is 13.8. The summed E-state index contributed by atoms with van der Waals surface area (Å²) in [5, 5.41) is -0.0301. The van der Waals surface area contributed by atoms with Crippen LogP contribution in [0.1, 0.15) is 81.6 Å². The number of thioether (sulfide) groups is 1. The Kier molecular flexibility index (Phi) is 12.5. The fraction of sp³-hybridized carbons (Fsp3) is 0.667. The van der Waals surface area contributed by atoms with Crippen molar-refractivity contribution in [1.82, 2.24) is 0 Å². The van der Waals surface area contributed by atoms with E-state index in [9.17, 15) is 14.4 Å². The number of carbonyl (C=O) groups excluding carboxylic acids is 3. The Bertz CT molecular complexity index is 844. The van der Waals surface area contributed by atoms with Crippen molar-refractivity contribution in [1.29, 1.82) is 0 Å². The van der Waals surface area contributed by atoms with E-state index in [-0.39, 0.29) is 28.6 Å². The predicted octanol–water partition coefficient (Wildman–Crippen LogP) is 8.11.